The van der Waals surface area contributed by atoms with Gasteiger partial charge in [-0.3, -0.25) is 9.36 Å². The predicted octanol–water partition coefficient (Wildman–Crippen LogP) is 4.00. The van der Waals surface area contributed by atoms with Crippen molar-refractivity contribution >= 4 is 27.6 Å². The Kier molecular flexibility index (Phi) is 6.48. The van der Waals surface area contributed by atoms with E-state index in [1.807, 2.05) is 26.0 Å². The van der Waals surface area contributed by atoms with Gasteiger partial charge >= 0.3 is 17.8 Å². The first kappa shape index (κ1) is 25.2. The van der Waals surface area contributed by atoms with Crippen LogP contribution >= 0.6 is 11.5 Å². The first-order valence-corrected chi connectivity index (χ1v) is 11.3. The molecule has 0 radical (unpaired) electrons. The summed E-state index contributed by atoms with van der Waals surface area (Å²) in [6, 6.07) is 8.71. The lowest BCUT2D eigenvalue weighted by atomic mass is 10.0. The van der Waals surface area contributed by atoms with Crippen molar-refractivity contribution in [2.75, 3.05) is 13.7 Å². The number of carbonyl (C=O) groups is 1. The van der Waals surface area contributed by atoms with Crippen molar-refractivity contribution in [3.63, 3.8) is 0 Å². The van der Waals surface area contributed by atoms with Crippen molar-refractivity contribution in [3.05, 3.63) is 74.1 Å². The molecule has 0 bridgehead atoms. The van der Waals surface area contributed by atoms with Crippen LogP contribution in [0.2, 0.25) is 0 Å². The number of rotatable bonds is 5. The maximum atomic E-state index is 13.2. The average molecular weight is 520 g/mol. The van der Waals surface area contributed by atoms with E-state index in [2.05, 4.69) is 9.11 Å². The molecule has 0 aliphatic carbocycles. The minimum absolute atomic E-state index is 0.0877. The number of methoxy groups -OCH3 is 1. The second-order valence-electron chi connectivity index (χ2n) is 8.08. The molecule has 0 aliphatic rings. The molecule has 2 aromatic carbocycles. The van der Waals surface area contributed by atoms with Gasteiger partial charge in [0.2, 0.25) is 0 Å². The molecule has 0 fully saturated rings. The van der Waals surface area contributed by atoms with Crippen LogP contribution in [0.1, 0.15) is 16.8 Å². The average Bonchev–Trinajstić information content (AvgIpc) is 3.22. The number of halogens is 3. The quantitative estimate of drug-likeness (QED) is 0.370. The van der Waals surface area contributed by atoms with Crippen LogP contribution in [0.25, 0.3) is 27.0 Å². The Bertz CT molecular complexity index is 1620. The summed E-state index contributed by atoms with van der Waals surface area (Å²) < 4.78 is 56.4. The van der Waals surface area contributed by atoms with Gasteiger partial charge in [0.25, 0.3) is 5.56 Å². The Balaban J connectivity index is 1.91. The number of ether oxygens (including phenoxy) is 2. The lowest BCUT2D eigenvalue weighted by molar-refractivity contribution is -0.144. The number of fused-ring (bicyclic) bond motifs is 1. The lowest BCUT2D eigenvalue weighted by Gasteiger charge is -2.15. The van der Waals surface area contributed by atoms with E-state index >= 15 is 0 Å². The number of alkyl halides is 3. The summed E-state index contributed by atoms with van der Waals surface area (Å²) in [5.74, 6) is -0.157. The Morgan fingerprint density at radius 3 is 2.50 bits per heavy atom. The van der Waals surface area contributed by atoms with Gasteiger partial charge in [-0.15, -0.1) is 0 Å². The van der Waals surface area contributed by atoms with Gasteiger partial charge in [0.15, 0.2) is 6.61 Å². The number of nitrogens with zero attached hydrogens (tertiary/aromatic N) is 3. The first-order chi connectivity index (χ1) is 16.9. The van der Waals surface area contributed by atoms with Gasteiger partial charge in [-0.2, -0.15) is 17.5 Å². The minimum Gasteiger partial charge on any atom is -0.481 e. The monoisotopic (exact) mass is 519 g/mol. The van der Waals surface area contributed by atoms with Crippen LogP contribution in [0.5, 0.6) is 5.75 Å². The third-order valence-electron chi connectivity index (χ3n) is 5.56. The highest BCUT2D eigenvalue weighted by atomic mass is 32.1. The van der Waals surface area contributed by atoms with Crippen LogP contribution in [-0.2, 0) is 22.8 Å². The van der Waals surface area contributed by atoms with Crippen LogP contribution in [0.4, 0.5) is 13.2 Å². The van der Waals surface area contributed by atoms with E-state index in [1.165, 1.54) is 19.2 Å². The third-order valence-corrected chi connectivity index (χ3v) is 6.39. The van der Waals surface area contributed by atoms with Crippen molar-refractivity contribution in [1.82, 2.24) is 13.5 Å². The van der Waals surface area contributed by atoms with E-state index in [1.54, 1.807) is 6.07 Å². The number of benzene rings is 2. The summed E-state index contributed by atoms with van der Waals surface area (Å²) in [5, 5.41) is 0.555. The molecule has 0 aliphatic heterocycles. The molecule has 0 amide bonds. The van der Waals surface area contributed by atoms with E-state index in [-0.39, 0.29) is 12.3 Å². The van der Waals surface area contributed by atoms with Gasteiger partial charge in [0.1, 0.15) is 11.4 Å². The van der Waals surface area contributed by atoms with Crippen molar-refractivity contribution in [1.29, 1.82) is 0 Å². The zero-order valence-electron chi connectivity index (χ0n) is 19.6. The Morgan fingerprint density at radius 1 is 1.11 bits per heavy atom. The van der Waals surface area contributed by atoms with Crippen LogP contribution in [0.3, 0.4) is 0 Å². The maximum absolute atomic E-state index is 13.2. The smallest absolute Gasteiger partial charge is 0.431 e. The molecule has 4 rings (SSSR count). The van der Waals surface area contributed by atoms with Gasteiger partial charge in [-0.05, 0) is 60.8 Å². The highest BCUT2D eigenvalue weighted by molar-refractivity contribution is 7.13. The second kappa shape index (κ2) is 9.26. The van der Waals surface area contributed by atoms with Gasteiger partial charge in [-0.25, -0.2) is 14.2 Å². The fourth-order valence-corrected chi connectivity index (χ4v) is 4.68. The van der Waals surface area contributed by atoms with Crippen molar-refractivity contribution in [3.8, 4) is 22.7 Å². The fourth-order valence-electron chi connectivity index (χ4n) is 3.91. The predicted molar refractivity (Wildman–Crippen MR) is 128 cm³/mol. The fraction of sp³-hybridized carbons (Fsp3) is 0.250. The van der Waals surface area contributed by atoms with Crippen LogP contribution in [0, 0.1) is 13.8 Å². The molecular weight excluding hydrogens is 499 g/mol. The van der Waals surface area contributed by atoms with Crippen molar-refractivity contribution in [2.45, 2.75) is 20.0 Å². The number of carbonyl (C=O) groups excluding carboxylic acids is 1. The summed E-state index contributed by atoms with van der Waals surface area (Å²) in [6.07, 6.45) is -4.86. The molecule has 0 atom stereocenters. The molecule has 12 heteroatoms. The van der Waals surface area contributed by atoms with Crippen molar-refractivity contribution < 1.29 is 27.4 Å². The summed E-state index contributed by atoms with van der Waals surface area (Å²) in [4.78, 5) is 37.0. The highest BCUT2D eigenvalue weighted by Crippen LogP contribution is 2.39. The standard InChI is InChI=1S/C24H20F3N3O5S/c1-12-7-13(2)22(35-11-20(32)34-4)16(8-12)21-15-9-14(5-6-17(15)36-28-21)30-19(31)10-18(24(25,26)27)29(3)23(30)33/h5-10H,11H2,1-4H3. The van der Waals surface area contributed by atoms with Gasteiger partial charge in [0, 0.05) is 24.1 Å². The number of hydrogen-bond acceptors (Lipinski definition) is 7. The summed E-state index contributed by atoms with van der Waals surface area (Å²) in [5.41, 5.74) is -0.791. The van der Waals surface area contributed by atoms with Crippen molar-refractivity contribution in [2.24, 2.45) is 7.05 Å². The third kappa shape index (κ3) is 4.51. The number of hydrogen-bond donors (Lipinski definition) is 0. The van der Waals surface area contributed by atoms with Gasteiger partial charge < -0.3 is 9.47 Å². The highest BCUT2D eigenvalue weighted by Gasteiger charge is 2.35. The molecule has 4 aromatic rings. The first-order valence-electron chi connectivity index (χ1n) is 10.5. The van der Waals surface area contributed by atoms with Gasteiger partial charge in [0.05, 0.1) is 23.2 Å². The second-order valence-corrected chi connectivity index (χ2v) is 8.88. The summed E-state index contributed by atoms with van der Waals surface area (Å²) >= 11 is 1.16. The van der Waals surface area contributed by atoms with Crippen LogP contribution < -0.4 is 16.0 Å². The number of aromatic nitrogens is 3. The number of esters is 1. The largest absolute Gasteiger partial charge is 0.481 e. The zero-order chi connectivity index (χ0) is 26.4. The van der Waals surface area contributed by atoms with E-state index in [0.29, 0.717) is 42.3 Å². The molecule has 0 saturated carbocycles. The summed E-state index contributed by atoms with van der Waals surface area (Å²) in [7, 11) is 2.20. The molecule has 8 nitrogen and oxygen atoms in total. The number of aryl methyl sites for hydroxylation is 2. The van der Waals surface area contributed by atoms with E-state index in [4.69, 9.17) is 4.74 Å². The Morgan fingerprint density at radius 2 is 1.83 bits per heavy atom. The molecular formula is C24H20F3N3O5S. The maximum Gasteiger partial charge on any atom is 0.431 e. The molecule has 2 aromatic heterocycles. The normalized spacial score (nSPS) is 11.6. The molecule has 0 N–H and O–H groups in total. The van der Waals surface area contributed by atoms with E-state index in [9.17, 15) is 27.6 Å². The minimum atomic E-state index is -4.86. The Labute approximate surface area is 206 Å². The molecule has 0 spiro atoms. The molecule has 188 valence electrons. The molecule has 0 saturated heterocycles. The SMILES string of the molecule is COC(=O)COc1c(C)cc(C)cc1-c1nsc2ccc(-n3c(=O)cc(C(F)(F)F)n(C)c3=O)cc12. The van der Waals surface area contributed by atoms with Crippen LogP contribution in [-0.4, -0.2) is 33.2 Å². The Hall–Kier alpha value is -3.93. The van der Waals surface area contributed by atoms with E-state index < -0.39 is 29.1 Å². The lowest BCUT2D eigenvalue weighted by Crippen LogP contribution is -2.40. The zero-order valence-corrected chi connectivity index (χ0v) is 20.4. The molecule has 36 heavy (non-hydrogen) atoms. The van der Waals surface area contributed by atoms with Gasteiger partial charge in [-0.1, -0.05) is 6.07 Å². The summed E-state index contributed by atoms with van der Waals surface area (Å²) in [6.45, 7) is 3.37. The molecule has 0 unspecified atom stereocenters. The molecule has 2 heterocycles. The van der Waals surface area contributed by atoms with E-state index in [0.717, 1.165) is 29.7 Å². The van der Waals surface area contributed by atoms with Crippen LogP contribution in [0.15, 0.2) is 46.0 Å². The topological polar surface area (TPSA) is 92.4 Å².